The summed E-state index contributed by atoms with van der Waals surface area (Å²) in [7, 11) is 0. The second-order valence-corrected chi connectivity index (χ2v) is 6.18. The van der Waals surface area contributed by atoms with Crippen LogP contribution in [0.3, 0.4) is 0 Å². The van der Waals surface area contributed by atoms with Gasteiger partial charge in [0.1, 0.15) is 11.7 Å². The van der Waals surface area contributed by atoms with Gasteiger partial charge in [-0.15, -0.1) is 0 Å². The number of carbonyl (C=O) groups excluding carboxylic acids is 3. The first-order valence-corrected chi connectivity index (χ1v) is 8.12. The van der Waals surface area contributed by atoms with Gasteiger partial charge >= 0.3 is 6.03 Å². The highest BCUT2D eigenvalue weighted by Gasteiger charge is 2.39. The minimum atomic E-state index is -1.07. The van der Waals surface area contributed by atoms with Crippen LogP contribution in [0.5, 0.6) is 0 Å². The van der Waals surface area contributed by atoms with Crippen molar-refractivity contribution in [1.29, 1.82) is 0 Å². The molecule has 2 aromatic rings. The summed E-state index contributed by atoms with van der Waals surface area (Å²) in [5, 5.41) is 5.23. The Balaban J connectivity index is 1.80. The molecule has 7 heteroatoms. The van der Waals surface area contributed by atoms with Crippen LogP contribution >= 0.6 is 0 Å². The smallest absolute Gasteiger partial charge is 0.328 e. The lowest BCUT2D eigenvalue weighted by Crippen LogP contribution is -2.58. The second kappa shape index (κ2) is 6.95. The van der Waals surface area contributed by atoms with E-state index in [4.69, 9.17) is 0 Å². The number of nitrogens with zero attached hydrogens (tertiary/aromatic N) is 1. The quantitative estimate of drug-likeness (QED) is 0.831. The van der Waals surface area contributed by atoms with Gasteiger partial charge in [0.2, 0.25) is 11.8 Å². The van der Waals surface area contributed by atoms with Crippen LogP contribution in [-0.4, -0.2) is 24.4 Å². The van der Waals surface area contributed by atoms with E-state index in [-0.39, 0.29) is 12.2 Å². The Bertz CT molecular complexity index is 880. The highest BCUT2D eigenvalue weighted by atomic mass is 19.1. The number of rotatable bonds is 3. The van der Waals surface area contributed by atoms with Crippen LogP contribution in [0.15, 0.2) is 42.5 Å². The van der Waals surface area contributed by atoms with Crippen LogP contribution in [0.25, 0.3) is 0 Å². The summed E-state index contributed by atoms with van der Waals surface area (Å²) in [5.41, 5.74) is 2.89. The van der Waals surface area contributed by atoms with E-state index in [0.717, 1.165) is 28.2 Å². The third kappa shape index (κ3) is 3.42. The minimum absolute atomic E-state index is 0.0912. The van der Waals surface area contributed by atoms with Crippen molar-refractivity contribution >= 4 is 29.2 Å². The summed E-state index contributed by atoms with van der Waals surface area (Å²) in [6.45, 7) is 3.79. The number of carbonyl (C=O) groups is 3. The molecule has 0 spiro atoms. The first-order chi connectivity index (χ1) is 12.4. The summed E-state index contributed by atoms with van der Waals surface area (Å²) >= 11 is 0. The van der Waals surface area contributed by atoms with Gasteiger partial charge in [-0.2, -0.15) is 0 Å². The summed E-state index contributed by atoms with van der Waals surface area (Å²) < 4.78 is 13.1. The molecule has 26 heavy (non-hydrogen) atoms. The zero-order valence-corrected chi connectivity index (χ0v) is 14.4. The average molecular weight is 355 g/mol. The zero-order chi connectivity index (χ0) is 18.8. The van der Waals surface area contributed by atoms with Gasteiger partial charge in [0, 0.05) is 12.2 Å². The average Bonchev–Trinajstić information content (AvgIpc) is 2.60. The van der Waals surface area contributed by atoms with E-state index in [2.05, 4.69) is 10.6 Å². The number of hydrogen-bond donors (Lipinski definition) is 2. The van der Waals surface area contributed by atoms with Crippen LogP contribution in [0.4, 0.5) is 20.6 Å². The second-order valence-electron chi connectivity index (χ2n) is 6.18. The van der Waals surface area contributed by atoms with Gasteiger partial charge in [0.25, 0.3) is 0 Å². The van der Waals surface area contributed by atoms with E-state index in [1.54, 1.807) is 6.07 Å². The highest BCUT2D eigenvalue weighted by Crippen LogP contribution is 2.22. The predicted molar refractivity (Wildman–Crippen MR) is 95.3 cm³/mol. The molecule has 0 saturated carbocycles. The van der Waals surface area contributed by atoms with Crippen LogP contribution in [0.2, 0.25) is 0 Å². The number of urea groups is 1. The van der Waals surface area contributed by atoms with E-state index in [0.29, 0.717) is 5.69 Å². The fraction of sp³-hybridized carbons (Fsp3) is 0.211. The maximum absolute atomic E-state index is 13.1. The minimum Gasteiger partial charge on any atom is -0.336 e. The standard InChI is InChI=1S/C19H18FN3O3/c1-11-3-6-14(9-12(11)2)22-17(24)16-10-21-19(26)23(18(16)25)15-7-4-13(20)5-8-15/h3-9,16H,10H2,1-2H3,(H,21,26)(H,22,24). The van der Waals surface area contributed by atoms with Gasteiger partial charge in [-0.25, -0.2) is 14.1 Å². The van der Waals surface area contributed by atoms with Crippen molar-refractivity contribution in [2.45, 2.75) is 13.8 Å². The third-order valence-corrected chi connectivity index (χ3v) is 4.35. The molecule has 2 aromatic carbocycles. The Morgan fingerprint density at radius 2 is 1.81 bits per heavy atom. The van der Waals surface area contributed by atoms with E-state index in [1.807, 2.05) is 26.0 Å². The molecular formula is C19H18FN3O3. The van der Waals surface area contributed by atoms with Crippen LogP contribution < -0.4 is 15.5 Å². The van der Waals surface area contributed by atoms with E-state index < -0.39 is 29.6 Å². The number of nitrogens with one attached hydrogen (secondary N) is 2. The van der Waals surface area contributed by atoms with Crippen LogP contribution in [-0.2, 0) is 9.59 Å². The van der Waals surface area contributed by atoms with Gasteiger partial charge in [0.15, 0.2) is 0 Å². The molecular weight excluding hydrogens is 337 g/mol. The molecule has 1 heterocycles. The molecule has 1 fully saturated rings. The van der Waals surface area contributed by atoms with E-state index >= 15 is 0 Å². The molecule has 3 rings (SSSR count). The lowest BCUT2D eigenvalue weighted by atomic mass is 10.0. The lowest BCUT2D eigenvalue weighted by molar-refractivity contribution is -0.130. The Morgan fingerprint density at radius 3 is 2.46 bits per heavy atom. The molecule has 1 unspecified atom stereocenters. The number of aryl methyl sites for hydroxylation is 2. The van der Waals surface area contributed by atoms with Crippen molar-refractivity contribution in [1.82, 2.24) is 5.32 Å². The molecule has 134 valence electrons. The van der Waals surface area contributed by atoms with Gasteiger partial charge in [0.05, 0.1) is 5.69 Å². The highest BCUT2D eigenvalue weighted by molar-refractivity contribution is 6.23. The molecule has 2 N–H and O–H groups in total. The van der Waals surface area contributed by atoms with Gasteiger partial charge in [-0.3, -0.25) is 9.59 Å². The fourth-order valence-corrected chi connectivity index (χ4v) is 2.70. The van der Waals surface area contributed by atoms with Gasteiger partial charge in [-0.1, -0.05) is 6.07 Å². The largest absolute Gasteiger partial charge is 0.336 e. The van der Waals surface area contributed by atoms with Crippen molar-refractivity contribution in [3.63, 3.8) is 0 Å². The fourth-order valence-electron chi connectivity index (χ4n) is 2.70. The molecule has 0 bridgehead atoms. The van der Waals surface area contributed by atoms with Crippen molar-refractivity contribution in [2.75, 3.05) is 16.8 Å². The number of amides is 4. The SMILES string of the molecule is Cc1ccc(NC(=O)C2CNC(=O)N(c3ccc(F)cc3)C2=O)cc1C. The number of benzene rings is 2. The zero-order valence-electron chi connectivity index (χ0n) is 14.4. The number of hydrogen-bond acceptors (Lipinski definition) is 3. The molecule has 1 aliphatic rings. The summed E-state index contributed by atoms with van der Waals surface area (Å²) in [5.74, 6) is -2.71. The lowest BCUT2D eigenvalue weighted by Gasteiger charge is -2.30. The predicted octanol–water partition coefficient (Wildman–Crippen LogP) is 2.75. The molecule has 1 saturated heterocycles. The maximum atomic E-state index is 13.1. The molecule has 4 amide bonds. The van der Waals surface area contributed by atoms with Gasteiger partial charge in [-0.05, 0) is 61.4 Å². The Hall–Kier alpha value is -3.22. The molecule has 0 aromatic heterocycles. The first-order valence-electron chi connectivity index (χ1n) is 8.12. The van der Waals surface area contributed by atoms with Crippen molar-refractivity contribution < 1.29 is 18.8 Å². The molecule has 1 atom stereocenters. The Morgan fingerprint density at radius 1 is 1.12 bits per heavy atom. The molecule has 1 aliphatic heterocycles. The topological polar surface area (TPSA) is 78.5 Å². The normalized spacial score (nSPS) is 17.0. The van der Waals surface area contributed by atoms with Crippen molar-refractivity contribution in [3.8, 4) is 0 Å². The monoisotopic (exact) mass is 355 g/mol. The van der Waals surface area contributed by atoms with Crippen LogP contribution in [0, 0.1) is 25.6 Å². The molecule has 0 radical (unpaired) electrons. The Kier molecular flexibility index (Phi) is 4.71. The first kappa shape index (κ1) is 17.6. The molecule has 6 nitrogen and oxygen atoms in total. The molecule has 0 aliphatic carbocycles. The summed E-state index contributed by atoms with van der Waals surface area (Å²) in [6.07, 6.45) is 0. The maximum Gasteiger partial charge on any atom is 0.328 e. The summed E-state index contributed by atoms with van der Waals surface area (Å²) in [4.78, 5) is 38.1. The number of imide groups is 1. The number of anilines is 2. The van der Waals surface area contributed by atoms with E-state index in [9.17, 15) is 18.8 Å². The van der Waals surface area contributed by atoms with E-state index in [1.165, 1.54) is 12.1 Å². The summed E-state index contributed by atoms with van der Waals surface area (Å²) in [6, 6.07) is 9.73. The van der Waals surface area contributed by atoms with Crippen molar-refractivity contribution in [3.05, 3.63) is 59.4 Å². The third-order valence-electron chi connectivity index (χ3n) is 4.35. The number of halogens is 1. The van der Waals surface area contributed by atoms with Gasteiger partial charge < -0.3 is 10.6 Å². The van der Waals surface area contributed by atoms with Crippen LogP contribution in [0.1, 0.15) is 11.1 Å². The Labute approximate surface area is 150 Å². The van der Waals surface area contributed by atoms with Crippen molar-refractivity contribution in [2.24, 2.45) is 5.92 Å².